The lowest BCUT2D eigenvalue weighted by molar-refractivity contribution is -0.313. The molecule has 5 rings (SSSR count). The van der Waals surface area contributed by atoms with E-state index in [0.717, 1.165) is 12.2 Å². The van der Waals surface area contributed by atoms with Gasteiger partial charge in [-0.3, -0.25) is 4.79 Å². The van der Waals surface area contributed by atoms with Gasteiger partial charge >= 0.3 is 17.9 Å². The summed E-state index contributed by atoms with van der Waals surface area (Å²) in [7, 11) is 0. The first-order valence-corrected chi connectivity index (χ1v) is 32.6. The monoisotopic (exact) mass is 1430 g/mol. The van der Waals surface area contributed by atoms with Crippen molar-refractivity contribution in [2.75, 3.05) is 52.9 Å². The molecule has 35 heteroatoms. The molecular weight excluding hydrogens is 1330 g/mol. The summed E-state index contributed by atoms with van der Waals surface area (Å²) in [5, 5.41) is 262. The minimum Gasteiger partial charge on any atom is -0.506 e. The number of aliphatic hydroxyl groups excluding tert-OH is 25. The highest BCUT2D eigenvalue weighted by atomic mass is 16.7. The summed E-state index contributed by atoms with van der Waals surface area (Å²) in [6.07, 6.45) is -25.4. The Morgan fingerprint density at radius 3 is 1.78 bits per heavy atom. The molecule has 4 saturated carbocycles. The molecule has 21 unspecified atom stereocenters. The Bertz CT molecular complexity index is 2820. The average molecular weight is 1430 g/mol. The Kier molecular flexibility index (Phi) is 31.9. The summed E-state index contributed by atoms with van der Waals surface area (Å²) >= 11 is 0. The first-order chi connectivity index (χ1) is 46.7. The van der Waals surface area contributed by atoms with E-state index >= 15 is 0 Å². The van der Waals surface area contributed by atoms with Crippen LogP contribution in [0.3, 0.4) is 0 Å². The molecule has 568 valence electrons. The van der Waals surface area contributed by atoms with Crippen molar-refractivity contribution in [2.45, 2.75) is 214 Å². The predicted molar refractivity (Wildman–Crippen MR) is 334 cm³/mol. The molecule has 35 nitrogen and oxygen atoms in total. The second-order valence-electron chi connectivity index (χ2n) is 25.9. The lowest BCUT2D eigenvalue weighted by atomic mass is 9.41. The summed E-state index contributed by atoms with van der Waals surface area (Å²) in [6.45, 7) is 2.81. The van der Waals surface area contributed by atoms with Crippen LogP contribution < -0.4 is 0 Å². The molecule has 99 heavy (non-hydrogen) atoms. The van der Waals surface area contributed by atoms with Crippen LogP contribution in [0, 0.1) is 28.1 Å². The third-order valence-electron chi connectivity index (χ3n) is 19.1. The smallest absolute Gasteiger partial charge is 0.325 e. The molecule has 1 spiro atoms. The second kappa shape index (κ2) is 37.8. The van der Waals surface area contributed by atoms with Gasteiger partial charge in [0, 0.05) is 96.7 Å². The summed E-state index contributed by atoms with van der Waals surface area (Å²) in [5.41, 5.74) is -3.46. The summed E-state index contributed by atoms with van der Waals surface area (Å²) in [4.78, 5) is 14.3. The summed E-state index contributed by atoms with van der Waals surface area (Å²) < 4.78 is 50.0. The van der Waals surface area contributed by atoms with Gasteiger partial charge in [0.2, 0.25) is 17.8 Å². The second-order valence-corrected chi connectivity index (χ2v) is 25.9. The maximum absolute atomic E-state index is 14.3. The van der Waals surface area contributed by atoms with Crippen LogP contribution in [0.4, 0.5) is 0 Å². The lowest BCUT2D eigenvalue weighted by Gasteiger charge is -2.64. The molecule has 1 heterocycles. The van der Waals surface area contributed by atoms with Crippen LogP contribution in [0.25, 0.3) is 0 Å². The van der Waals surface area contributed by atoms with Crippen LogP contribution >= 0.6 is 0 Å². The van der Waals surface area contributed by atoms with Crippen LogP contribution in [0.2, 0.25) is 0 Å². The van der Waals surface area contributed by atoms with E-state index in [1.165, 1.54) is 0 Å². The van der Waals surface area contributed by atoms with E-state index in [1.54, 1.807) is 6.92 Å². The van der Waals surface area contributed by atoms with Crippen molar-refractivity contribution in [3.8, 4) is 0 Å². The van der Waals surface area contributed by atoms with Crippen LogP contribution in [-0.2, 0) is 47.4 Å². The molecule has 21 atom stereocenters. The van der Waals surface area contributed by atoms with Crippen molar-refractivity contribution in [1.29, 1.82) is 0 Å². The minimum absolute atomic E-state index is 0.0660. The van der Waals surface area contributed by atoms with Gasteiger partial charge in [0.1, 0.15) is 30.5 Å². The zero-order valence-corrected chi connectivity index (χ0v) is 55.1. The molecule has 0 aromatic heterocycles. The first kappa shape index (κ1) is 83.6. The van der Waals surface area contributed by atoms with Crippen molar-refractivity contribution < 1.29 is 175 Å². The number of hydrogen-bond donors (Lipinski definition) is 25. The number of aliphatic hydroxyl groups is 25. The Balaban J connectivity index is 1.42. The van der Waals surface area contributed by atoms with E-state index in [0.29, 0.717) is 62.7 Å². The zero-order chi connectivity index (χ0) is 73.9. The Morgan fingerprint density at radius 2 is 1.17 bits per heavy atom. The SMILES string of the molecule is C=C1CC23CCC4C(C)(C(=O)OC(O)/C(O)=C\C(O)CCO/C(O)=C/C(O)CCO)CCCC4(C)C2CCC1(OC(O)/C(OC(O)/C(O)=C\C(O)CCO)=C(/O/C(O)=C(\O)C(CCO)O/C(O)=C/C(CCO)OC1OC(CO)C(O/C(O)=C(\O)C(O)CCO)C(O)C1O)C(O)CCO)C3. The topological polar surface area (TPSA) is 606 Å². The lowest BCUT2D eigenvalue weighted by Crippen LogP contribution is -2.60. The molecule has 0 amide bonds. The van der Waals surface area contributed by atoms with Gasteiger partial charge in [0.05, 0.1) is 48.6 Å². The predicted octanol–water partition coefficient (Wildman–Crippen LogP) is -0.809. The average Bonchev–Trinajstić information content (AvgIpc) is 1.59. The molecule has 5 fully saturated rings. The van der Waals surface area contributed by atoms with Crippen LogP contribution in [0.5, 0.6) is 0 Å². The number of carbonyl (C=O) groups is 1. The van der Waals surface area contributed by atoms with E-state index in [9.17, 15) is 122 Å². The maximum atomic E-state index is 14.3. The van der Waals surface area contributed by atoms with Crippen molar-refractivity contribution >= 4 is 5.97 Å². The highest BCUT2D eigenvalue weighted by molar-refractivity contribution is 5.77. The fourth-order valence-electron chi connectivity index (χ4n) is 14.2. The Hall–Kier alpha value is -6.01. The van der Waals surface area contributed by atoms with E-state index in [4.69, 9.17) is 52.8 Å². The fraction of sp³-hybridized carbons (Fsp3) is 0.734. The molecule has 5 aliphatic rings. The van der Waals surface area contributed by atoms with E-state index in [2.05, 4.69) is 13.5 Å². The normalized spacial score (nSPS) is 31.4. The highest BCUT2D eigenvalue weighted by Crippen LogP contribution is 2.73. The molecule has 0 aromatic rings. The number of fused-ring (bicyclic) bond motifs is 3. The molecule has 1 saturated heterocycles. The van der Waals surface area contributed by atoms with Gasteiger partial charge in [-0.25, -0.2) is 0 Å². The van der Waals surface area contributed by atoms with Crippen molar-refractivity contribution in [1.82, 2.24) is 0 Å². The number of carbonyl (C=O) groups excluding carboxylic acids is 1. The number of hydrogen-bond acceptors (Lipinski definition) is 35. The first-order valence-electron chi connectivity index (χ1n) is 32.6. The van der Waals surface area contributed by atoms with Gasteiger partial charge in [0.15, 0.2) is 41.5 Å². The van der Waals surface area contributed by atoms with E-state index in [1.807, 2.05) is 0 Å². The third-order valence-corrected chi connectivity index (χ3v) is 19.1. The quantitative estimate of drug-likeness (QED) is 0.0154. The Labute approximate surface area is 569 Å². The van der Waals surface area contributed by atoms with Gasteiger partial charge in [-0.1, -0.05) is 19.9 Å². The number of rotatable bonds is 41. The van der Waals surface area contributed by atoms with Gasteiger partial charge in [-0.2, -0.15) is 0 Å². The van der Waals surface area contributed by atoms with Crippen LogP contribution in [-0.4, -0.2) is 284 Å². The van der Waals surface area contributed by atoms with Crippen molar-refractivity contribution in [3.63, 3.8) is 0 Å². The number of esters is 1. The molecular formula is C64H102O35. The maximum Gasteiger partial charge on any atom is 0.325 e. The van der Waals surface area contributed by atoms with Crippen molar-refractivity contribution in [2.24, 2.45) is 28.1 Å². The molecule has 0 aromatic carbocycles. The minimum atomic E-state index is -2.60. The molecule has 0 radical (unpaired) electrons. The van der Waals surface area contributed by atoms with Gasteiger partial charge < -0.3 is 170 Å². The van der Waals surface area contributed by atoms with E-state index < -0.39 is 244 Å². The number of ether oxygens (including phenoxy) is 9. The Morgan fingerprint density at radius 1 is 0.596 bits per heavy atom. The summed E-state index contributed by atoms with van der Waals surface area (Å²) in [6, 6.07) is 0. The van der Waals surface area contributed by atoms with Crippen molar-refractivity contribution in [3.05, 3.63) is 94.8 Å². The zero-order valence-electron chi connectivity index (χ0n) is 55.1. The molecule has 25 N–H and O–H groups in total. The van der Waals surface area contributed by atoms with Crippen LogP contribution in [0.15, 0.2) is 94.8 Å². The molecule has 4 aliphatic carbocycles. The standard InChI is InChI=1S/C64H102O35/c1-32-29-63-16-5-43-61(2,14-4-15-62(43,3)60(90)98-55(86)40(78)26-35(74)13-24-91-45(79)27-34(73)8-19-66)44(63)6-17-64(32,31-63)99-58(89)53(97-54(85)39(77)25-33(72)7-18-65)51(38(76)11-22-69)95-57(88)48(82)41(12-23-70)93-46(80)28-36(9-20-67)92-59-50(84)49(83)52(42(30-71)94-59)96-56(87)47(81)37(75)10-21-68/h25-28,33-38,41-44,49-50,52,54-55,58-59,65-89H,1,4-24,29-31H2,2-3H3/b39-25+,40-26+,45-27+,46-28+,53-51-,56-47-,57-48-. The fourth-order valence-corrected chi connectivity index (χ4v) is 14.2. The summed E-state index contributed by atoms with van der Waals surface area (Å²) in [5.74, 6) is -13.1. The molecule has 2 bridgehead atoms. The largest absolute Gasteiger partial charge is 0.506 e. The van der Waals surface area contributed by atoms with Gasteiger partial charge in [0.25, 0.3) is 24.5 Å². The third kappa shape index (κ3) is 21.1. The van der Waals surface area contributed by atoms with E-state index in [-0.39, 0.29) is 57.2 Å². The highest BCUT2D eigenvalue weighted by Gasteiger charge is 2.69. The van der Waals surface area contributed by atoms with Crippen LogP contribution in [0.1, 0.15) is 117 Å². The van der Waals surface area contributed by atoms with Gasteiger partial charge in [-0.05, 0) is 98.7 Å². The molecule has 1 aliphatic heterocycles. The van der Waals surface area contributed by atoms with Gasteiger partial charge in [-0.15, -0.1) is 0 Å².